The van der Waals surface area contributed by atoms with E-state index in [0.717, 1.165) is 45.1 Å². The van der Waals surface area contributed by atoms with Gasteiger partial charge in [-0.2, -0.15) is 0 Å². The molecule has 1 fully saturated rings. The van der Waals surface area contributed by atoms with Gasteiger partial charge in [0.05, 0.1) is 13.2 Å². The molecular formula is C14H21N3OS. The van der Waals surface area contributed by atoms with Gasteiger partial charge in [-0.25, -0.2) is 0 Å². The van der Waals surface area contributed by atoms with E-state index in [1.807, 2.05) is 11.8 Å². The fourth-order valence-electron chi connectivity index (χ4n) is 2.26. The number of benzene rings is 1. The van der Waals surface area contributed by atoms with E-state index >= 15 is 0 Å². The van der Waals surface area contributed by atoms with E-state index in [-0.39, 0.29) is 0 Å². The summed E-state index contributed by atoms with van der Waals surface area (Å²) in [6, 6.07) is 8.45. The first-order valence-electron chi connectivity index (χ1n) is 6.66. The maximum absolute atomic E-state index is 5.70. The maximum Gasteiger partial charge on any atom is 0.170 e. The molecule has 0 radical (unpaired) electrons. The average Bonchev–Trinajstić information content (AvgIpc) is 2.42. The van der Waals surface area contributed by atoms with E-state index in [4.69, 9.17) is 22.7 Å². The van der Waals surface area contributed by atoms with Crippen molar-refractivity contribution >= 4 is 23.0 Å². The summed E-state index contributed by atoms with van der Waals surface area (Å²) in [7, 11) is 0. The Hall–Kier alpha value is -1.17. The van der Waals surface area contributed by atoms with Crippen LogP contribution in [0.3, 0.4) is 0 Å². The fourth-order valence-corrected chi connectivity index (χ4v) is 2.50. The first-order chi connectivity index (χ1) is 9.20. The highest BCUT2D eigenvalue weighted by Crippen LogP contribution is 2.16. The second-order valence-electron chi connectivity index (χ2n) is 4.64. The molecule has 0 aliphatic carbocycles. The van der Waals surface area contributed by atoms with Crippen LogP contribution in [0.1, 0.15) is 12.5 Å². The predicted molar refractivity (Wildman–Crippen MR) is 82.3 cm³/mol. The topological polar surface area (TPSA) is 41.7 Å². The quantitative estimate of drug-likeness (QED) is 0.848. The van der Waals surface area contributed by atoms with Crippen LogP contribution in [0.25, 0.3) is 0 Å². The monoisotopic (exact) mass is 279 g/mol. The summed E-state index contributed by atoms with van der Waals surface area (Å²) < 4.78 is 5.35. The van der Waals surface area contributed by atoms with Crippen LogP contribution in [0.15, 0.2) is 24.3 Å². The molecule has 1 aliphatic heterocycles. The minimum Gasteiger partial charge on any atom is -0.379 e. The van der Waals surface area contributed by atoms with E-state index < -0.39 is 0 Å². The molecule has 1 aliphatic rings. The molecule has 1 saturated heterocycles. The van der Waals surface area contributed by atoms with Gasteiger partial charge in [-0.05, 0) is 36.8 Å². The number of nitrogens with two attached hydrogens (primary N) is 1. The first-order valence-corrected chi connectivity index (χ1v) is 7.07. The molecule has 1 heterocycles. The van der Waals surface area contributed by atoms with E-state index in [9.17, 15) is 0 Å². The second-order valence-corrected chi connectivity index (χ2v) is 5.06. The summed E-state index contributed by atoms with van der Waals surface area (Å²) in [6.07, 6.45) is 0. The number of hydrogen-bond acceptors (Lipinski definition) is 3. The highest BCUT2D eigenvalue weighted by Gasteiger charge is 2.11. The van der Waals surface area contributed by atoms with Crippen LogP contribution in [0.4, 0.5) is 5.69 Å². The van der Waals surface area contributed by atoms with Crippen molar-refractivity contribution in [2.45, 2.75) is 13.5 Å². The van der Waals surface area contributed by atoms with Crippen molar-refractivity contribution in [3.8, 4) is 0 Å². The van der Waals surface area contributed by atoms with E-state index in [1.165, 1.54) is 5.56 Å². The zero-order chi connectivity index (χ0) is 13.7. The van der Waals surface area contributed by atoms with Gasteiger partial charge in [0.2, 0.25) is 0 Å². The number of ether oxygens (including phenoxy) is 1. The van der Waals surface area contributed by atoms with Gasteiger partial charge in [-0.15, -0.1) is 0 Å². The number of rotatable bonds is 4. The summed E-state index contributed by atoms with van der Waals surface area (Å²) in [4.78, 5) is 4.33. The predicted octanol–water partition coefficient (Wildman–Crippen LogP) is 1.59. The fraction of sp³-hybridized carbons (Fsp3) is 0.500. The standard InChI is InChI=1S/C14H21N3OS/c1-2-17(14(15)19)13-5-3-12(4-6-13)11-16-7-9-18-10-8-16/h3-6H,2,7-11H2,1H3,(H2,15,19). The van der Waals surface area contributed by atoms with Gasteiger partial charge in [0.15, 0.2) is 5.11 Å². The lowest BCUT2D eigenvalue weighted by Crippen LogP contribution is -2.36. The van der Waals surface area contributed by atoms with Crippen molar-refractivity contribution in [1.82, 2.24) is 4.90 Å². The van der Waals surface area contributed by atoms with Crippen LogP contribution in [0.2, 0.25) is 0 Å². The Balaban J connectivity index is 1.99. The lowest BCUT2D eigenvalue weighted by atomic mass is 10.2. The van der Waals surface area contributed by atoms with Crippen LogP contribution in [0, 0.1) is 0 Å². The van der Waals surface area contributed by atoms with Crippen molar-refractivity contribution in [2.75, 3.05) is 37.7 Å². The Morgan fingerprint density at radius 2 is 1.95 bits per heavy atom. The van der Waals surface area contributed by atoms with Crippen LogP contribution < -0.4 is 10.6 Å². The molecule has 1 aromatic carbocycles. The molecule has 0 bridgehead atoms. The summed E-state index contributed by atoms with van der Waals surface area (Å²) in [5, 5.41) is 0.420. The molecule has 0 amide bonds. The number of thiocarbonyl (C=S) groups is 1. The molecule has 1 aromatic rings. The summed E-state index contributed by atoms with van der Waals surface area (Å²) in [6.45, 7) is 7.50. The van der Waals surface area contributed by atoms with Crippen LogP contribution in [0.5, 0.6) is 0 Å². The molecule has 4 nitrogen and oxygen atoms in total. The number of morpholine rings is 1. The van der Waals surface area contributed by atoms with Gasteiger partial charge in [0.25, 0.3) is 0 Å². The van der Waals surface area contributed by atoms with Gasteiger partial charge < -0.3 is 15.4 Å². The summed E-state index contributed by atoms with van der Waals surface area (Å²) in [5.74, 6) is 0. The van der Waals surface area contributed by atoms with Crippen molar-refractivity contribution < 1.29 is 4.74 Å². The van der Waals surface area contributed by atoms with E-state index in [1.54, 1.807) is 0 Å². The van der Waals surface area contributed by atoms with E-state index in [2.05, 4.69) is 29.2 Å². The molecule has 0 aromatic heterocycles. The normalized spacial score (nSPS) is 16.3. The molecule has 0 saturated carbocycles. The summed E-state index contributed by atoms with van der Waals surface area (Å²) >= 11 is 5.04. The van der Waals surface area contributed by atoms with Crippen LogP contribution in [-0.2, 0) is 11.3 Å². The van der Waals surface area contributed by atoms with Crippen molar-refractivity contribution in [3.05, 3.63) is 29.8 Å². The molecule has 5 heteroatoms. The SMILES string of the molecule is CCN(C(N)=S)c1ccc(CN2CCOCC2)cc1. The van der Waals surface area contributed by atoms with Crippen molar-refractivity contribution in [3.63, 3.8) is 0 Å². The Bertz CT molecular complexity index is 415. The smallest absolute Gasteiger partial charge is 0.170 e. The zero-order valence-electron chi connectivity index (χ0n) is 11.3. The molecule has 0 atom stereocenters. The molecule has 104 valence electrons. The van der Waals surface area contributed by atoms with Gasteiger partial charge in [-0.3, -0.25) is 4.90 Å². The van der Waals surface area contributed by atoms with Crippen LogP contribution in [-0.4, -0.2) is 42.9 Å². The van der Waals surface area contributed by atoms with Gasteiger partial charge >= 0.3 is 0 Å². The Morgan fingerprint density at radius 3 is 2.47 bits per heavy atom. The molecule has 0 unspecified atom stereocenters. The van der Waals surface area contributed by atoms with Crippen molar-refractivity contribution in [2.24, 2.45) is 5.73 Å². The van der Waals surface area contributed by atoms with Crippen LogP contribution >= 0.6 is 12.2 Å². The second kappa shape index (κ2) is 6.84. The highest BCUT2D eigenvalue weighted by molar-refractivity contribution is 7.80. The number of anilines is 1. The third-order valence-electron chi connectivity index (χ3n) is 3.34. The Kier molecular flexibility index (Phi) is 5.13. The minimum atomic E-state index is 0.420. The van der Waals surface area contributed by atoms with Gasteiger partial charge in [-0.1, -0.05) is 12.1 Å². The molecule has 0 spiro atoms. The van der Waals surface area contributed by atoms with E-state index in [0.29, 0.717) is 5.11 Å². The number of hydrogen-bond donors (Lipinski definition) is 1. The summed E-state index contributed by atoms with van der Waals surface area (Å²) in [5.41, 5.74) is 8.07. The highest BCUT2D eigenvalue weighted by atomic mass is 32.1. The number of nitrogens with zero attached hydrogens (tertiary/aromatic N) is 2. The first kappa shape index (κ1) is 14.2. The third kappa shape index (κ3) is 3.89. The molecule has 19 heavy (non-hydrogen) atoms. The molecular weight excluding hydrogens is 258 g/mol. The minimum absolute atomic E-state index is 0.420. The van der Waals surface area contributed by atoms with Gasteiger partial charge in [0, 0.05) is 31.9 Å². The third-order valence-corrected chi connectivity index (χ3v) is 3.56. The Labute approximate surface area is 120 Å². The average molecular weight is 279 g/mol. The maximum atomic E-state index is 5.70. The lowest BCUT2D eigenvalue weighted by Gasteiger charge is -2.27. The lowest BCUT2D eigenvalue weighted by molar-refractivity contribution is 0.0342. The van der Waals surface area contributed by atoms with Crippen molar-refractivity contribution in [1.29, 1.82) is 0 Å². The zero-order valence-corrected chi connectivity index (χ0v) is 12.2. The largest absolute Gasteiger partial charge is 0.379 e. The molecule has 2 rings (SSSR count). The molecule has 2 N–H and O–H groups in total. The Morgan fingerprint density at radius 1 is 1.32 bits per heavy atom. The van der Waals surface area contributed by atoms with Gasteiger partial charge in [0.1, 0.15) is 0 Å².